The number of carbonyl (C=O) groups is 2. The molecule has 2 rings (SSSR count). The highest BCUT2D eigenvalue weighted by molar-refractivity contribution is 5.81. The normalized spacial score (nSPS) is 12.9. The summed E-state index contributed by atoms with van der Waals surface area (Å²) in [6.07, 6.45) is 1.21. The van der Waals surface area contributed by atoms with Crippen LogP contribution < -0.4 is 5.32 Å². The second kappa shape index (κ2) is 9.52. The topological polar surface area (TPSA) is 116 Å². The maximum atomic E-state index is 12.1. The highest BCUT2D eigenvalue weighted by atomic mass is 16.6. The van der Waals surface area contributed by atoms with Crippen molar-refractivity contribution in [3.05, 3.63) is 47.8 Å². The maximum absolute atomic E-state index is 12.1. The molecule has 26 heavy (non-hydrogen) atoms. The van der Waals surface area contributed by atoms with Crippen LogP contribution in [-0.2, 0) is 27.3 Å². The molecule has 140 valence electrons. The summed E-state index contributed by atoms with van der Waals surface area (Å²) < 4.78 is 11.3. The number of aliphatic hydroxyl groups is 1. The largest absolute Gasteiger partial charge is 0.467 e. The molecule has 0 aliphatic heterocycles. The van der Waals surface area contributed by atoms with Gasteiger partial charge in [0.1, 0.15) is 6.61 Å². The molecule has 2 N–H and O–H groups in total. The second-order valence-corrected chi connectivity index (χ2v) is 5.61. The summed E-state index contributed by atoms with van der Waals surface area (Å²) in [7, 11) is 1.23. The van der Waals surface area contributed by atoms with Crippen LogP contribution >= 0.6 is 0 Å². The van der Waals surface area contributed by atoms with Crippen LogP contribution in [0.15, 0.2) is 36.5 Å². The third kappa shape index (κ3) is 5.28. The number of esters is 1. The number of aliphatic hydroxyl groups excluding tert-OH is 1. The van der Waals surface area contributed by atoms with E-state index in [1.807, 2.05) is 30.3 Å². The van der Waals surface area contributed by atoms with E-state index < -0.39 is 24.1 Å². The van der Waals surface area contributed by atoms with Crippen LogP contribution in [0.5, 0.6) is 0 Å². The zero-order chi connectivity index (χ0) is 18.9. The molecule has 0 spiro atoms. The molecule has 9 nitrogen and oxygen atoms in total. The van der Waals surface area contributed by atoms with E-state index in [9.17, 15) is 9.59 Å². The first-order valence-electron chi connectivity index (χ1n) is 8.11. The Morgan fingerprint density at radius 3 is 2.69 bits per heavy atom. The van der Waals surface area contributed by atoms with Crippen LogP contribution in [0, 0.1) is 0 Å². The van der Waals surface area contributed by atoms with Gasteiger partial charge >= 0.3 is 12.1 Å². The number of carbonyl (C=O) groups excluding carboxylic acids is 2. The minimum Gasteiger partial charge on any atom is -0.467 e. The van der Waals surface area contributed by atoms with E-state index in [1.54, 1.807) is 13.1 Å². The Kier molecular flexibility index (Phi) is 7.10. The molecule has 1 heterocycles. The molecular weight excluding hydrogens is 340 g/mol. The molecule has 1 aromatic heterocycles. The number of hydrogen-bond acceptors (Lipinski definition) is 7. The SMILES string of the molecule is COC(=O)[C@@H](NC(=O)OCc1ccccc1)[C@H](C)n1cc(CCO)nn1. The fourth-order valence-electron chi connectivity index (χ4n) is 2.29. The number of alkyl carbamates (subject to hydrolysis) is 1. The predicted octanol–water partition coefficient (Wildman–Crippen LogP) is 0.842. The summed E-state index contributed by atoms with van der Waals surface area (Å²) in [5.74, 6) is -0.631. The quantitative estimate of drug-likeness (QED) is 0.669. The van der Waals surface area contributed by atoms with Crippen LogP contribution in [0.3, 0.4) is 0 Å². The van der Waals surface area contributed by atoms with Crippen LogP contribution in [-0.4, -0.2) is 51.9 Å². The van der Waals surface area contributed by atoms with Gasteiger partial charge in [-0.2, -0.15) is 0 Å². The molecule has 0 bridgehead atoms. The molecule has 0 aliphatic carbocycles. The molecule has 1 amide bonds. The van der Waals surface area contributed by atoms with Gasteiger partial charge in [0.25, 0.3) is 0 Å². The van der Waals surface area contributed by atoms with E-state index >= 15 is 0 Å². The first-order chi connectivity index (χ1) is 12.5. The molecule has 2 atom stereocenters. The van der Waals surface area contributed by atoms with Gasteiger partial charge < -0.3 is 19.9 Å². The molecule has 0 aliphatic rings. The van der Waals surface area contributed by atoms with Crippen molar-refractivity contribution in [1.82, 2.24) is 20.3 Å². The highest BCUT2D eigenvalue weighted by Crippen LogP contribution is 2.13. The number of methoxy groups -OCH3 is 1. The molecule has 0 unspecified atom stereocenters. The van der Waals surface area contributed by atoms with Crippen molar-refractivity contribution in [2.75, 3.05) is 13.7 Å². The van der Waals surface area contributed by atoms with Crippen LogP contribution in [0.2, 0.25) is 0 Å². The highest BCUT2D eigenvalue weighted by Gasteiger charge is 2.30. The van der Waals surface area contributed by atoms with E-state index in [0.29, 0.717) is 12.1 Å². The molecule has 1 aromatic carbocycles. The lowest BCUT2D eigenvalue weighted by Crippen LogP contribution is -2.46. The van der Waals surface area contributed by atoms with Gasteiger partial charge in [-0.1, -0.05) is 35.5 Å². The van der Waals surface area contributed by atoms with E-state index in [0.717, 1.165) is 5.56 Å². The Morgan fingerprint density at radius 1 is 1.31 bits per heavy atom. The number of amides is 1. The average Bonchev–Trinajstić information content (AvgIpc) is 3.13. The predicted molar refractivity (Wildman–Crippen MR) is 91.1 cm³/mol. The zero-order valence-electron chi connectivity index (χ0n) is 14.7. The van der Waals surface area contributed by atoms with Crippen molar-refractivity contribution in [3.63, 3.8) is 0 Å². The van der Waals surface area contributed by atoms with Crippen molar-refractivity contribution >= 4 is 12.1 Å². The number of ether oxygens (including phenoxy) is 2. The number of hydrogen-bond donors (Lipinski definition) is 2. The fraction of sp³-hybridized carbons (Fsp3) is 0.412. The van der Waals surface area contributed by atoms with E-state index in [2.05, 4.69) is 15.6 Å². The lowest BCUT2D eigenvalue weighted by Gasteiger charge is -2.22. The summed E-state index contributed by atoms with van der Waals surface area (Å²) in [5.41, 5.74) is 1.41. The summed E-state index contributed by atoms with van der Waals surface area (Å²) in [6, 6.07) is 7.62. The van der Waals surface area contributed by atoms with Crippen LogP contribution in [0.4, 0.5) is 4.79 Å². The molecular formula is C17H22N4O5. The first kappa shape index (κ1) is 19.4. The summed E-state index contributed by atoms with van der Waals surface area (Å²) >= 11 is 0. The Balaban J connectivity index is 2.01. The summed E-state index contributed by atoms with van der Waals surface area (Å²) in [5, 5.41) is 19.3. The smallest absolute Gasteiger partial charge is 0.408 e. The van der Waals surface area contributed by atoms with Crippen LogP contribution in [0.1, 0.15) is 24.2 Å². The van der Waals surface area contributed by atoms with Gasteiger partial charge in [-0.15, -0.1) is 5.10 Å². The summed E-state index contributed by atoms with van der Waals surface area (Å²) in [6.45, 7) is 1.72. The van der Waals surface area contributed by atoms with Gasteiger partial charge in [-0.05, 0) is 12.5 Å². The number of rotatable bonds is 8. The number of benzene rings is 1. The number of nitrogens with zero attached hydrogens (tertiary/aromatic N) is 3. The van der Waals surface area contributed by atoms with Gasteiger partial charge in [0.2, 0.25) is 0 Å². The maximum Gasteiger partial charge on any atom is 0.408 e. The average molecular weight is 362 g/mol. The van der Waals surface area contributed by atoms with Gasteiger partial charge in [0.05, 0.1) is 18.8 Å². The Bertz CT molecular complexity index is 719. The van der Waals surface area contributed by atoms with Gasteiger partial charge in [0.15, 0.2) is 6.04 Å². The summed E-state index contributed by atoms with van der Waals surface area (Å²) in [4.78, 5) is 24.1. The molecule has 0 saturated carbocycles. The minimum absolute atomic E-state index is 0.0580. The number of nitrogens with one attached hydrogen (secondary N) is 1. The standard InChI is InChI=1S/C17H22N4O5/c1-12(21-10-14(8-9-22)19-20-21)15(16(23)25-2)18-17(24)26-11-13-6-4-3-5-7-13/h3-7,10,12,15,22H,8-9,11H2,1-2H3,(H,18,24)/t12-,15-/m0/s1. The first-order valence-corrected chi connectivity index (χ1v) is 8.11. The van der Waals surface area contributed by atoms with Crippen molar-refractivity contribution in [2.24, 2.45) is 0 Å². The monoisotopic (exact) mass is 362 g/mol. The number of aromatic nitrogens is 3. The second-order valence-electron chi connectivity index (χ2n) is 5.61. The third-order valence-electron chi connectivity index (χ3n) is 3.77. The molecule has 0 saturated heterocycles. The van der Waals surface area contributed by atoms with Crippen LogP contribution in [0.25, 0.3) is 0 Å². The lowest BCUT2D eigenvalue weighted by atomic mass is 10.1. The Hall–Kier alpha value is -2.94. The minimum atomic E-state index is -1.01. The molecule has 0 fully saturated rings. The lowest BCUT2D eigenvalue weighted by molar-refractivity contribution is -0.144. The Labute approximate surface area is 150 Å². The third-order valence-corrected chi connectivity index (χ3v) is 3.77. The van der Waals surface area contributed by atoms with Crippen molar-refractivity contribution in [2.45, 2.75) is 32.0 Å². The van der Waals surface area contributed by atoms with E-state index in [-0.39, 0.29) is 13.2 Å². The van der Waals surface area contributed by atoms with Gasteiger partial charge in [-0.25, -0.2) is 14.3 Å². The van der Waals surface area contributed by atoms with E-state index in [4.69, 9.17) is 14.6 Å². The Morgan fingerprint density at radius 2 is 2.04 bits per heavy atom. The zero-order valence-corrected chi connectivity index (χ0v) is 14.7. The molecule has 0 radical (unpaired) electrons. The fourth-order valence-corrected chi connectivity index (χ4v) is 2.29. The van der Waals surface area contributed by atoms with Crippen molar-refractivity contribution in [1.29, 1.82) is 0 Å². The van der Waals surface area contributed by atoms with E-state index in [1.165, 1.54) is 11.8 Å². The van der Waals surface area contributed by atoms with Gasteiger partial charge in [-0.3, -0.25) is 0 Å². The molecule has 9 heteroatoms. The van der Waals surface area contributed by atoms with Gasteiger partial charge in [0, 0.05) is 19.2 Å². The van der Waals surface area contributed by atoms with Crippen molar-refractivity contribution < 1.29 is 24.2 Å². The van der Waals surface area contributed by atoms with Crippen molar-refractivity contribution in [3.8, 4) is 0 Å². The molecule has 2 aromatic rings.